The van der Waals surface area contributed by atoms with Crippen molar-refractivity contribution >= 4 is 17.3 Å². The standard InChI is InChI=1S/C12H13FN2O4/c1-14(6-7-2-3-7)10-4-8(12(16)17)9(13)5-11(10)15(18)19/h4-5,7H,2-3,6H2,1H3,(H,16,17). The van der Waals surface area contributed by atoms with Gasteiger partial charge in [0.15, 0.2) is 0 Å². The molecule has 2 rings (SSSR count). The van der Waals surface area contributed by atoms with Crippen LogP contribution in [0, 0.1) is 21.8 Å². The van der Waals surface area contributed by atoms with Crippen LogP contribution < -0.4 is 4.90 Å². The topological polar surface area (TPSA) is 83.7 Å². The van der Waals surface area contributed by atoms with Crippen molar-refractivity contribution < 1.29 is 19.2 Å². The molecule has 0 aliphatic heterocycles. The van der Waals surface area contributed by atoms with E-state index in [0.29, 0.717) is 18.5 Å². The summed E-state index contributed by atoms with van der Waals surface area (Å²) in [5.41, 5.74) is -0.829. The third kappa shape index (κ3) is 2.81. The number of nitro benzene ring substituents is 1. The molecule has 0 heterocycles. The van der Waals surface area contributed by atoms with Crippen LogP contribution in [0.3, 0.4) is 0 Å². The van der Waals surface area contributed by atoms with Gasteiger partial charge in [0, 0.05) is 13.6 Å². The second kappa shape index (κ2) is 4.83. The molecule has 0 aromatic heterocycles. The third-order valence-electron chi connectivity index (χ3n) is 3.13. The normalized spacial score (nSPS) is 14.2. The van der Waals surface area contributed by atoms with Crippen molar-refractivity contribution in [2.45, 2.75) is 12.8 Å². The molecule has 0 atom stereocenters. The van der Waals surface area contributed by atoms with Gasteiger partial charge in [0.2, 0.25) is 0 Å². The third-order valence-corrected chi connectivity index (χ3v) is 3.13. The van der Waals surface area contributed by atoms with E-state index >= 15 is 0 Å². The Labute approximate surface area is 108 Å². The van der Waals surface area contributed by atoms with E-state index in [4.69, 9.17) is 5.11 Å². The summed E-state index contributed by atoms with van der Waals surface area (Å²) < 4.78 is 13.5. The van der Waals surface area contributed by atoms with E-state index < -0.39 is 28.0 Å². The average Bonchev–Trinajstić information content (AvgIpc) is 3.11. The summed E-state index contributed by atoms with van der Waals surface area (Å²) in [7, 11) is 1.64. The Bertz CT molecular complexity index is 543. The molecule has 1 aliphatic carbocycles. The van der Waals surface area contributed by atoms with Crippen LogP contribution in [-0.2, 0) is 0 Å². The number of nitrogens with zero attached hydrogens (tertiary/aromatic N) is 2. The number of aromatic carboxylic acids is 1. The minimum absolute atomic E-state index is 0.135. The van der Waals surface area contributed by atoms with Crippen molar-refractivity contribution in [3.8, 4) is 0 Å². The summed E-state index contributed by atoms with van der Waals surface area (Å²) in [6.45, 7) is 0.603. The Hall–Kier alpha value is -2.18. The van der Waals surface area contributed by atoms with Crippen molar-refractivity contribution in [3.63, 3.8) is 0 Å². The quantitative estimate of drug-likeness (QED) is 0.654. The van der Waals surface area contributed by atoms with Gasteiger partial charge in [0.05, 0.1) is 16.6 Å². The first kappa shape index (κ1) is 13.3. The molecule has 0 spiro atoms. The molecule has 0 unspecified atom stereocenters. The van der Waals surface area contributed by atoms with Crippen LogP contribution in [0.5, 0.6) is 0 Å². The molecule has 1 saturated carbocycles. The lowest BCUT2D eigenvalue weighted by atomic mass is 10.1. The smallest absolute Gasteiger partial charge is 0.338 e. The summed E-state index contributed by atoms with van der Waals surface area (Å²) in [5.74, 6) is -2.06. The van der Waals surface area contributed by atoms with E-state index in [1.54, 1.807) is 11.9 Å². The molecule has 7 heteroatoms. The Morgan fingerprint density at radius 2 is 2.21 bits per heavy atom. The highest BCUT2D eigenvalue weighted by atomic mass is 19.1. The van der Waals surface area contributed by atoms with E-state index in [1.807, 2.05) is 0 Å². The first-order chi connectivity index (χ1) is 8.90. The maximum Gasteiger partial charge on any atom is 0.338 e. The lowest BCUT2D eigenvalue weighted by Gasteiger charge is -2.19. The number of anilines is 1. The number of carbonyl (C=O) groups is 1. The Morgan fingerprint density at radius 3 is 2.68 bits per heavy atom. The van der Waals surface area contributed by atoms with Gasteiger partial charge in [-0.25, -0.2) is 9.18 Å². The van der Waals surface area contributed by atoms with Crippen LogP contribution in [-0.4, -0.2) is 29.6 Å². The Kier molecular flexibility index (Phi) is 3.37. The molecule has 1 aromatic carbocycles. The number of carboxylic acid groups (broad SMARTS) is 1. The lowest BCUT2D eigenvalue weighted by Crippen LogP contribution is -2.21. The van der Waals surface area contributed by atoms with Gasteiger partial charge in [0.25, 0.3) is 5.69 Å². The highest BCUT2D eigenvalue weighted by Crippen LogP contribution is 2.35. The monoisotopic (exact) mass is 268 g/mol. The molecule has 0 saturated heterocycles. The largest absolute Gasteiger partial charge is 0.478 e. The van der Waals surface area contributed by atoms with Crippen molar-refractivity contribution in [1.29, 1.82) is 0 Å². The minimum atomic E-state index is -1.44. The zero-order valence-corrected chi connectivity index (χ0v) is 10.3. The van der Waals surface area contributed by atoms with Gasteiger partial charge in [0.1, 0.15) is 11.5 Å². The van der Waals surface area contributed by atoms with Crippen LogP contribution in [0.2, 0.25) is 0 Å². The van der Waals surface area contributed by atoms with E-state index in [9.17, 15) is 19.3 Å². The van der Waals surface area contributed by atoms with Crippen molar-refractivity contribution in [2.75, 3.05) is 18.5 Å². The van der Waals surface area contributed by atoms with Crippen LogP contribution in [0.15, 0.2) is 12.1 Å². The molecule has 1 N–H and O–H groups in total. The number of hydrogen-bond acceptors (Lipinski definition) is 4. The van der Waals surface area contributed by atoms with Gasteiger partial charge < -0.3 is 10.0 Å². The van der Waals surface area contributed by atoms with Gasteiger partial charge in [-0.2, -0.15) is 0 Å². The second-order valence-corrected chi connectivity index (χ2v) is 4.71. The maximum absolute atomic E-state index is 13.5. The van der Waals surface area contributed by atoms with Gasteiger partial charge in [-0.1, -0.05) is 0 Å². The van der Waals surface area contributed by atoms with E-state index in [2.05, 4.69) is 0 Å². The highest BCUT2D eigenvalue weighted by molar-refractivity contribution is 5.90. The highest BCUT2D eigenvalue weighted by Gasteiger charge is 2.28. The van der Waals surface area contributed by atoms with Crippen LogP contribution in [0.1, 0.15) is 23.2 Å². The number of nitro groups is 1. The van der Waals surface area contributed by atoms with Gasteiger partial charge in [-0.05, 0) is 24.8 Å². The summed E-state index contributed by atoms with van der Waals surface area (Å²) in [4.78, 5) is 22.7. The predicted molar refractivity (Wildman–Crippen MR) is 66.0 cm³/mol. The lowest BCUT2D eigenvalue weighted by molar-refractivity contribution is -0.384. The molecule has 0 bridgehead atoms. The molecular formula is C12H13FN2O4. The molecule has 1 aromatic rings. The van der Waals surface area contributed by atoms with Crippen LogP contribution in [0.25, 0.3) is 0 Å². The minimum Gasteiger partial charge on any atom is -0.478 e. The van der Waals surface area contributed by atoms with Gasteiger partial charge in [-0.15, -0.1) is 0 Å². The Balaban J connectivity index is 2.44. The molecule has 6 nitrogen and oxygen atoms in total. The van der Waals surface area contributed by atoms with Crippen LogP contribution in [0.4, 0.5) is 15.8 Å². The van der Waals surface area contributed by atoms with Crippen molar-refractivity contribution in [3.05, 3.63) is 33.6 Å². The van der Waals surface area contributed by atoms with E-state index in [-0.39, 0.29) is 5.69 Å². The number of benzene rings is 1. The SMILES string of the molecule is CN(CC1CC1)c1cc(C(=O)O)c(F)cc1[N+](=O)[O-]. The summed E-state index contributed by atoms with van der Waals surface area (Å²) in [5, 5.41) is 19.8. The van der Waals surface area contributed by atoms with Gasteiger partial charge in [-0.3, -0.25) is 10.1 Å². The fourth-order valence-corrected chi connectivity index (χ4v) is 1.95. The Morgan fingerprint density at radius 1 is 1.58 bits per heavy atom. The number of rotatable bonds is 5. The van der Waals surface area contributed by atoms with E-state index in [1.165, 1.54) is 0 Å². The second-order valence-electron chi connectivity index (χ2n) is 4.71. The number of carboxylic acids is 1. The number of halogens is 1. The molecule has 1 aliphatic rings. The van der Waals surface area contributed by atoms with E-state index in [0.717, 1.165) is 18.9 Å². The summed E-state index contributed by atoms with van der Waals surface area (Å²) in [6, 6.07) is 1.69. The maximum atomic E-state index is 13.5. The fraction of sp³-hybridized carbons (Fsp3) is 0.417. The van der Waals surface area contributed by atoms with Crippen LogP contribution >= 0.6 is 0 Å². The first-order valence-electron chi connectivity index (χ1n) is 5.82. The molecule has 19 heavy (non-hydrogen) atoms. The number of hydrogen-bond donors (Lipinski definition) is 1. The fourth-order valence-electron chi connectivity index (χ4n) is 1.95. The first-order valence-corrected chi connectivity index (χ1v) is 5.82. The summed E-state index contributed by atoms with van der Waals surface area (Å²) in [6.07, 6.45) is 2.12. The molecule has 0 radical (unpaired) electrons. The molecular weight excluding hydrogens is 255 g/mol. The zero-order chi connectivity index (χ0) is 14.2. The molecule has 1 fully saturated rings. The van der Waals surface area contributed by atoms with Crippen molar-refractivity contribution in [1.82, 2.24) is 0 Å². The van der Waals surface area contributed by atoms with Crippen molar-refractivity contribution in [2.24, 2.45) is 5.92 Å². The van der Waals surface area contributed by atoms with Gasteiger partial charge >= 0.3 is 5.97 Å². The predicted octanol–water partition coefficient (Wildman–Crippen LogP) is 2.28. The molecule has 102 valence electrons. The average molecular weight is 268 g/mol. The summed E-state index contributed by atoms with van der Waals surface area (Å²) >= 11 is 0. The molecule has 0 amide bonds. The zero-order valence-electron chi connectivity index (χ0n) is 10.3.